The third kappa shape index (κ3) is 3.57. The van der Waals surface area contributed by atoms with Gasteiger partial charge < -0.3 is 13.9 Å². The van der Waals surface area contributed by atoms with Gasteiger partial charge in [0.05, 0.1) is 19.1 Å². The van der Waals surface area contributed by atoms with Crippen LogP contribution in [0.2, 0.25) is 0 Å². The van der Waals surface area contributed by atoms with Crippen molar-refractivity contribution in [2.45, 2.75) is 11.8 Å². The van der Waals surface area contributed by atoms with Gasteiger partial charge in [0.2, 0.25) is 11.8 Å². The molecule has 0 atom stereocenters. The Labute approximate surface area is 195 Å². The van der Waals surface area contributed by atoms with Crippen molar-refractivity contribution in [3.63, 3.8) is 0 Å². The first-order valence-corrected chi connectivity index (χ1v) is 11.7. The summed E-state index contributed by atoms with van der Waals surface area (Å²) in [7, 11) is -0.831. The standard InChI is InChI=1S/C24H20N4O5S/c1-15-26-27-24(33-15)16-6-9-18(10-7-16)34(29,30)28-14-20(19-5-4-12-25-23(19)28)17-8-11-21(31-2)22(13-17)32-3/h4-14H,1-3H3. The lowest BCUT2D eigenvalue weighted by molar-refractivity contribution is 0.355. The highest BCUT2D eigenvalue weighted by molar-refractivity contribution is 7.90. The third-order valence-electron chi connectivity index (χ3n) is 5.41. The monoisotopic (exact) mass is 476 g/mol. The van der Waals surface area contributed by atoms with Gasteiger partial charge in [-0.05, 0) is 54.1 Å². The minimum atomic E-state index is -3.94. The molecule has 5 rings (SSSR count). The van der Waals surface area contributed by atoms with Crippen LogP contribution >= 0.6 is 0 Å². The van der Waals surface area contributed by atoms with Crippen LogP contribution in [-0.4, -0.2) is 41.8 Å². The Hall–Kier alpha value is -4.18. The Kier molecular flexibility index (Phi) is 5.29. The molecule has 0 fully saturated rings. The molecule has 172 valence electrons. The lowest BCUT2D eigenvalue weighted by Gasteiger charge is -2.09. The molecule has 0 aliphatic heterocycles. The lowest BCUT2D eigenvalue weighted by atomic mass is 10.1. The molecule has 3 aromatic heterocycles. The average Bonchev–Trinajstić information content (AvgIpc) is 3.48. The minimum absolute atomic E-state index is 0.105. The van der Waals surface area contributed by atoms with Gasteiger partial charge in [-0.15, -0.1) is 10.2 Å². The number of hydrogen-bond donors (Lipinski definition) is 0. The van der Waals surface area contributed by atoms with Crippen molar-refractivity contribution in [3.05, 3.63) is 72.9 Å². The largest absolute Gasteiger partial charge is 0.493 e. The van der Waals surface area contributed by atoms with Gasteiger partial charge in [0.15, 0.2) is 17.1 Å². The van der Waals surface area contributed by atoms with Crippen LogP contribution < -0.4 is 9.47 Å². The van der Waals surface area contributed by atoms with Gasteiger partial charge in [-0.25, -0.2) is 17.4 Å². The van der Waals surface area contributed by atoms with Crippen LogP contribution in [0.5, 0.6) is 11.5 Å². The molecular weight excluding hydrogens is 456 g/mol. The zero-order valence-electron chi connectivity index (χ0n) is 18.6. The van der Waals surface area contributed by atoms with E-state index in [1.165, 1.54) is 16.1 Å². The summed E-state index contributed by atoms with van der Waals surface area (Å²) in [5.74, 6) is 1.88. The fraction of sp³-hybridized carbons (Fsp3) is 0.125. The van der Waals surface area contributed by atoms with Crippen molar-refractivity contribution >= 4 is 21.1 Å². The Morgan fingerprint density at radius 2 is 1.65 bits per heavy atom. The van der Waals surface area contributed by atoms with E-state index < -0.39 is 10.0 Å². The summed E-state index contributed by atoms with van der Waals surface area (Å²) >= 11 is 0. The Bertz CT molecular complexity index is 1600. The third-order valence-corrected chi connectivity index (χ3v) is 7.07. The second-order valence-electron chi connectivity index (χ2n) is 7.44. The predicted molar refractivity (Wildman–Crippen MR) is 125 cm³/mol. The first kappa shape index (κ1) is 21.7. The van der Waals surface area contributed by atoms with Gasteiger partial charge >= 0.3 is 0 Å². The molecule has 0 spiro atoms. The van der Waals surface area contributed by atoms with E-state index in [0.29, 0.717) is 45.4 Å². The predicted octanol–water partition coefficient (Wildman–Crippen LogP) is 4.32. The van der Waals surface area contributed by atoms with Gasteiger partial charge in [0.1, 0.15) is 0 Å². The van der Waals surface area contributed by atoms with Crippen LogP contribution in [-0.2, 0) is 10.0 Å². The highest BCUT2D eigenvalue weighted by Gasteiger charge is 2.23. The number of ether oxygens (including phenoxy) is 2. The summed E-state index contributed by atoms with van der Waals surface area (Å²) in [6.07, 6.45) is 3.14. The zero-order valence-corrected chi connectivity index (χ0v) is 19.4. The topological polar surface area (TPSA) is 109 Å². The van der Waals surface area contributed by atoms with Crippen molar-refractivity contribution in [1.82, 2.24) is 19.2 Å². The van der Waals surface area contributed by atoms with E-state index in [1.807, 2.05) is 12.1 Å². The van der Waals surface area contributed by atoms with E-state index in [2.05, 4.69) is 15.2 Å². The van der Waals surface area contributed by atoms with Gasteiger partial charge in [0, 0.05) is 35.8 Å². The number of aryl methyl sites for hydroxylation is 1. The van der Waals surface area contributed by atoms with Crippen LogP contribution in [0.25, 0.3) is 33.6 Å². The molecule has 9 nitrogen and oxygen atoms in total. The smallest absolute Gasteiger partial charge is 0.269 e. The van der Waals surface area contributed by atoms with Crippen LogP contribution in [0.4, 0.5) is 0 Å². The van der Waals surface area contributed by atoms with Crippen molar-refractivity contribution in [1.29, 1.82) is 0 Å². The fourth-order valence-electron chi connectivity index (χ4n) is 3.74. The molecule has 0 aliphatic carbocycles. The van der Waals surface area contributed by atoms with Gasteiger partial charge in [-0.2, -0.15) is 0 Å². The number of hydrogen-bond acceptors (Lipinski definition) is 8. The van der Waals surface area contributed by atoms with Crippen molar-refractivity contribution in [3.8, 4) is 34.1 Å². The second-order valence-corrected chi connectivity index (χ2v) is 9.25. The molecule has 0 amide bonds. The summed E-state index contributed by atoms with van der Waals surface area (Å²) in [5.41, 5.74) is 2.42. The van der Waals surface area contributed by atoms with Gasteiger partial charge in [-0.3, -0.25) is 0 Å². The molecule has 0 saturated carbocycles. The Balaban J connectivity index is 1.62. The molecule has 3 heterocycles. The molecule has 2 aromatic carbocycles. The van der Waals surface area contributed by atoms with E-state index in [1.54, 1.807) is 63.9 Å². The first-order valence-electron chi connectivity index (χ1n) is 10.3. The maximum atomic E-state index is 13.6. The summed E-state index contributed by atoms with van der Waals surface area (Å²) < 4.78 is 44.5. The van der Waals surface area contributed by atoms with E-state index in [4.69, 9.17) is 13.9 Å². The van der Waals surface area contributed by atoms with Crippen molar-refractivity contribution < 1.29 is 22.3 Å². The molecule has 0 unspecified atom stereocenters. The second kappa shape index (κ2) is 8.31. The maximum absolute atomic E-state index is 13.6. The average molecular weight is 477 g/mol. The highest BCUT2D eigenvalue weighted by Crippen LogP contribution is 2.37. The number of benzene rings is 2. The number of rotatable bonds is 6. The molecule has 10 heteroatoms. The molecule has 0 radical (unpaired) electrons. The van der Waals surface area contributed by atoms with Crippen LogP contribution in [0.1, 0.15) is 5.89 Å². The fourth-order valence-corrected chi connectivity index (χ4v) is 5.07. The molecule has 0 bridgehead atoms. The summed E-state index contributed by atoms with van der Waals surface area (Å²) in [4.78, 5) is 4.46. The van der Waals surface area contributed by atoms with E-state index in [0.717, 1.165) is 5.56 Å². The van der Waals surface area contributed by atoms with Crippen LogP contribution in [0.15, 0.2) is 76.3 Å². The Morgan fingerprint density at radius 1 is 0.912 bits per heavy atom. The number of fused-ring (bicyclic) bond motifs is 1. The normalized spacial score (nSPS) is 11.6. The quantitative estimate of drug-likeness (QED) is 0.356. The molecule has 0 saturated heterocycles. The SMILES string of the molecule is COc1ccc(-c2cn(S(=O)(=O)c3ccc(-c4nnc(C)o4)cc3)c3ncccc23)cc1OC. The zero-order chi connectivity index (χ0) is 23.9. The van der Waals surface area contributed by atoms with E-state index >= 15 is 0 Å². The minimum Gasteiger partial charge on any atom is -0.493 e. The molecule has 34 heavy (non-hydrogen) atoms. The van der Waals surface area contributed by atoms with Crippen LogP contribution in [0.3, 0.4) is 0 Å². The Morgan fingerprint density at radius 3 is 2.32 bits per heavy atom. The molecule has 5 aromatic rings. The number of nitrogens with zero attached hydrogens (tertiary/aromatic N) is 4. The number of pyridine rings is 1. The number of aromatic nitrogens is 4. The summed E-state index contributed by atoms with van der Waals surface area (Å²) in [5, 5.41) is 8.47. The summed E-state index contributed by atoms with van der Waals surface area (Å²) in [6.45, 7) is 1.69. The maximum Gasteiger partial charge on any atom is 0.269 e. The summed E-state index contributed by atoms with van der Waals surface area (Å²) in [6, 6.07) is 15.3. The van der Waals surface area contributed by atoms with Gasteiger partial charge in [0.25, 0.3) is 10.0 Å². The van der Waals surface area contributed by atoms with Crippen molar-refractivity contribution in [2.24, 2.45) is 0 Å². The molecular formula is C24H20N4O5S. The lowest BCUT2D eigenvalue weighted by Crippen LogP contribution is -2.12. The molecule has 0 N–H and O–H groups in total. The van der Waals surface area contributed by atoms with Crippen molar-refractivity contribution in [2.75, 3.05) is 14.2 Å². The van der Waals surface area contributed by atoms with Gasteiger partial charge in [-0.1, -0.05) is 6.07 Å². The van der Waals surface area contributed by atoms with E-state index in [-0.39, 0.29) is 4.90 Å². The first-order chi connectivity index (χ1) is 16.4. The highest BCUT2D eigenvalue weighted by atomic mass is 32.2. The van der Waals surface area contributed by atoms with E-state index in [9.17, 15) is 8.42 Å². The van der Waals surface area contributed by atoms with Crippen LogP contribution in [0, 0.1) is 6.92 Å². The molecule has 0 aliphatic rings. The number of methoxy groups -OCH3 is 2.